The zero-order valence-corrected chi connectivity index (χ0v) is 14.4. The molecule has 1 N–H and O–H groups in total. The summed E-state index contributed by atoms with van der Waals surface area (Å²) in [6.45, 7) is 6.39. The van der Waals surface area contributed by atoms with Crippen LogP contribution in [0.25, 0.3) is 0 Å². The Kier molecular flexibility index (Phi) is 6.53. The van der Waals surface area contributed by atoms with Crippen molar-refractivity contribution in [1.82, 2.24) is 10.2 Å². The van der Waals surface area contributed by atoms with Crippen LogP contribution < -0.4 is 5.32 Å². The van der Waals surface area contributed by atoms with Gasteiger partial charge in [-0.05, 0) is 49.5 Å². The quantitative estimate of drug-likeness (QED) is 0.802. The highest BCUT2D eigenvalue weighted by atomic mass is 79.9. The molecular formula is C17H27BrN2. The third-order valence-corrected chi connectivity index (χ3v) is 4.92. The maximum atomic E-state index is 3.73. The van der Waals surface area contributed by atoms with Crippen molar-refractivity contribution in [3.63, 3.8) is 0 Å². The first-order valence-electron chi connectivity index (χ1n) is 7.85. The van der Waals surface area contributed by atoms with Crippen molar-refractivity contribution in [2.24, 2.45) is 5.92 Å². The van der Waals surface area contributed by atoms with Crippen LogP contribution >= 0.6 is 15.9 Å². The van der Waals surface area contributed by atoms with Crippen molar-refractivity contribution in [2.45, 2.75) is 45.7 Å². The van der Waals surface area contributed by atoms with E-state index >= 15 is 0 Å². The van der Waals surface area contributed by atoms with Gasteiger partial charge in [0.1, 0.15) is 0 Å². The summed E-state index contributed by atoms with van der Waals surface area (Å²) in [6, 6.07) is 6.76. The van der Waals surface area contributed by atoms with Gasteiger partial charge in [-0.1, -0.05) is 47.8 Å². The summed E-state index contributed by atoms with van der Waals surface area (Å²) in [5.41, 5.74) is 2.74. The highest BCUT2D eigenvalue weighted by Crippen LogP contribution is 2.26. The zero-order chi connectivity index (χ0) is 14.4. The van der Waals surface area contributed by atoms with Crippen LogP contribution in [0, 0.1) is 5.92 Å². The zero-order valence-electron chi connectivity index (χ0n) is 12.8. The molecule has 1 aliphatic carbocycles. The van der Waals surface area contributed by atoms with E-state index in [4.69, 9.17) is 0 Å². The maximum Gasteiger partial charge on any atom is 0.0242 e. The van der Waals surface area contributed by atoms with Crippen molar-refractivity contribution >= 4 is 15.9 Å². The molecule has 1 aromatic carbocycles. The number of hydrogen-bond donors (Lipinski definition) is 1. The molecule has 0 unspecified atom stereocenters. The van der Waals surface area contributed by atoms with E-state index in [2.05, 4.69) is 58.3 Å². The minimum absolute atomic E-state index is 0.923. The fourth-order valence-corrected chi connectivity index (χ4v) is 3.64. The molecule has 0 heterocycles. The molecule has 3 heteroatoms. The second-order valence-electron chi connectivity index (χ2n) is 6.05. The fraction of sp³-hybridized carbons (Fsp3) is 0.647. The van der Waals surface area contributed by atoms with E-state index in [1.807, 2.05) is 0 Å². The molecule has 0 aliphatic heterocycles. The summed E-state index contributed by atoms with van der Waals surface area (Å²) >= 11 is 3.73. The van der Waals surface area contributed by atoms with Gasteiger partial charge in [-0.25, -0.2) is 0 Å². The number of hydrogen-bond acceptors (Lipinski definition) is 2. The van der Waals surface area contributed by atoms with Crippen LogP contribution in [0.4, 0.5) is 0 Å². The third-order valence-electron chi connectivity index (χ3n) is 4.18. The molecule has 2 rings (SSSR count). The van der Waals surface area contributed by atoms with E-state index < -0.39 is 0 Å². The predicted octanol–water partition coefficient (Wildman–Crippen LogP) is 4.18. The summed E-state index contributed by atoms with van der Waals surface area (Å²) in [5.74, 6) is 0.923. The molecule has 0 radical (unpaired) electrons. The van der Waals surface area contributed by atoms with E-state index in [0.717, 1.165) is 25.6 Å². The van der Waals surface area contributed by atoms with E-state index in [1.54, 1.807) is 0 Å². The van der Waals surface area contributed by atoms with Gasteiger partial charge in [0.05, 0.1) is 0 Å². The molecule has 1 saturated carbocycles. The smallest absolute Gasteiger partial charge is 0.0242 e. The molecule has 1 fully saturated rings. The standard InChI is InChI=1S/C17H27BrN2/c1-3-19-11-15-8-9-16(17(18)10-15)13-20(2)12-14-6-4-5-7-14/h8-10,14,19H,3-7,11-13H2,1-2H3. The summed E-state index contributed by atoms with van der Waals surface area (Å²) in [7, 11) is 2.25. The normalized spacial score (nSPS) is 16.2. The van der Waals surface area contributed by atoms with Crippen molar-refractivity contribution in [3.8, 4) is 0 Å². The van der Waals surface area contributed by atoms with Crippen LogP contribution in [-0.2, 0) is 13.1 Å². The fourth-order valence-electron chi connectivity index (χ4n) is 3.09. The van der Waals surface area contributed by atoms with Gasteiger partial charge in [0, 0.05) is 24.1 Å². The highest BCUT2D eigenvalue weighted by molar-refractivity contribution is 9.10. The average molecular weight is 339 g/mol. The molecule has 0 amide bonds. The molecule has 0 spiro atoms. The number of halogens is 1. The first-order valence-corrected chi connectivity index (χ1v) is 8.65. The second-order valence-corrected chi connectivity index (χ2v) is 6.91. The Balaban J connectivity index is 1.87. The van der Waals surface area contributed by atoms with Gasteiger partial charge in [-0.2, -0.15) is 0 Å². The van der Waals surface area contributed by atoms with Crippen LogP contribution in [-0.4, -0.2) is 25.0 Å². The topological polar surface area (TPSA) is 15.3 Å². The molecule has 112 valence electrons. The lowest BCUT2D eigenvalue weighted by molar-refractivity contribution is 0.271. The van der Waals surface area contributed by atoms with Crippen molar-refractivity contribution < 1.29 is 0 Å². The Bertz CT molecular complexity index is 413. The van der Waals surface area contributed by atoms with Crippen LogP contribution in [0.2, 0.25) is 0 Å². The first-order chi connectivity index (χ1) is 9.69. The van der Waals surface area contributed by atoms with Gasteiger partial charge < -0.3 is 10.2 Å². The molecule has 1 aromatic rings. The van der Waals surface area contributed by atoms with Crippen molar-refractivity contribution in [2.75, 3.05) is 20.1 Å². The lowest BCUT2D eigenvalue weighted by Crippen LogP contribution is -2.24. The minimum Gasteiger partial charge on any atom is -0.313 e. The maximum absolute atomic E-state index is 3.73. The van der Waals surface area contributed by atoms with Crippen molar-refractivity contribution in [3.05, 3.63) is 33.8 Å². The van der Waals surface area contributed by atoms with E-state index in [-0.39, 0.29) is 0 Å². The van der Waals surface area contributed by atoms with Gasteiger partial charge in [0.15, 0.2) is 0 Å². The largest absolute Gasteiger partial charge is 0.313 e. The molecule has 20 heavy (non-hydrogen) atoms. The summed E-state index contributed by atoms with van der Waals surface area (Å²) in [6.07, 6.45) is 5.71. The van der Waals surface area contributed by atoms with Gasteiger partial charge in [0.25, 0.3) is 0 Å². The molecule has 2 nitrogen and oxygen atoms in total. The lowest BCUT2D eigenvalue weighted by Gasteiger charge is -2.21. The Labute approximate surface area is 132 Å². The second kappa shape index (κ2) is 8.16. The Morgan fingerprint density at radius 2 is 2.05 bits per heavy atom. The van der Waals surface area contributed by atoms with E-state index in [0.29, 0.717) is 0 Å². The molecule has 0 aromatic heterocycles. The molecule has 0 bridgehead atoms. The van der Waals surface area contributed by atoms with Crippen LogP contribution in [0.1, 0.15) is 43.7 Å². The molecule has 0 atom stereocenters. The molecule has 1 aliphatic rings. The van der Waals surface area contributed by atoms with E-state index in [1.165, 1.54) is 47.8 Å². The monoisotopic (exact) mass is 338 g/mol. The first kappa shape index (κ1) is 16.0. The molecule has 0 saturated heterocycles. The third kappa shape index (κ3) is 4.87. The highest BCUT2D eigenvalue weighted by Gasteiger charge is 2.17. The minimum atomic E-state index is 0.923. The van der Waals surface area contributed by atoms with Crippen LogP contribution in [0.3, 0.4) is 0 Å². The Morgan fingerprint density at radius 1 is 1.30 bits per heavy atom. The van der Waals surface area contributed by atoms with Gasteiger partial charge in [-0.3, -0.25) is 0 Å². The SMILES string of the molecule is CCNCc1ccc(CN(C)CC2CCCC2)c(Br)c1. The Hall–Kier alpha value is -0.380. The lowest BCUT2D eigenvalue weighted by atomic mass is 10.1. The van der Waals surface area contributed by atoms with Crippen LogP contribution in [0.15, 0.2) is 22.7 Å². The number of nitrogens with zero attached hydrogens (tertiary/aromatic N) is 1. The predicted molar refractivity (Wildman–Crippen MR) is 89.8 cm³/mol. The van der Waals surface area contributed by atoms with Gasteiger partial charge in [-0.15, -0.1) is 0 Å². The average Bonchev–Trinajstić information content (AvgIpc) is 2.92. The summed E-state index contributed by atoms with van der Waals surface area (Å²) < 4.78 is 1.24. The number of benzene rings is 1. The van der Waals surface area contributed by atoms with Gasteiger partial charge in [0.2, 0.25) is 0 Å². The Morgan fingerprint density at radius 3 is 2.70 bits per heavy atom. The van der Waals surface area contributed by atoms with Gasteiger partial charge >= 0.3 is 0 Å². The number of nitrogens with one attached hydrogen (secondary N) is 1. The van der Waals surface area contributed by atoms with E-state index in [9.17, 15) is 0 Å². The summed E-state index contributed by atoms with van der Waals surface area (Å²) in [4.78, 5) is 2.47. The number of rotatable bonds is 7. The van der Waals surface area contributed by atoms with Crippen LogP contribution in [0.5, 0.6) is 0 Å². The molecular weight excluding hydrogens is 312 g/mol. The summed E-state index contributed by atoms with van der Waals surface area (Å²) in [5, 5.41) is 3.37. The van der Waals surface area contributed by atoms with Crippen molar-refractivity contribution in [1.29, 1.82) is 0 Å².